The second-order valence-corrected chi connectivity index (χ2v) is 6.70. The van der Waals surface area contributed by atoms with Crippen LogP contribution in [0.3, 0.4) is 0 Å². The number of hydrogen-bond acceptors (Lipinski definition) is 0. The number of allylic oxidation sites excluding steroid dienone is 2. The van der Waals surface area contributed by atoms with Crippen molar-refractivity contribution in [1.82, 2.24) is 0 Å². The zero-order valence-electron chi connectivity index (χ0n) is 11.1. The molecular weight excluding hydrogens is 180 g/mol. The van der Waals surface area contributed by atoms with Gasteiger partial charge in [0.1, 0.15) is 0 Å². The van der Waals surface area contributed by atoms with E-state index in [-0.39, 0.29) is 0 Å². The van der Waals surface area contributed by atoms with Crippen LogP contribution >= 0.6 is 0 Å². The number of rotatable bonds is 0. The maximum Gasteiger partial charge on any atom is -0.00855 e. The lowest BCUT2D eigenvalue weighted by Gasteiger charge is -2.56. The van der Waals surface area contributed by atoms with E-state index in [1.54, 1.807) is 5.57 Å². The number of fused-ring (bicyclic) bond motifs is 1. The molecule has 0 heterocycles. The van der Waals surface area contributed by atoms with E-state index in [4.69, 9.17) is 0 Å². The monoisotopic (exact) mass is 206 g/mol. The topological polar surface area (TPSA) is 0 Å². The highest BCUT2D eigenvalue weighted by molar-refractivity contribution is 5.20. The number of hydrogen-bond donors (Lipinski definition) is 0. The van der Waals surface area contributed by atoms with Gasteiger partial charge in [-0.05, 0) is 55.3 Å². The molecule has 0 bridgehead atoms. The second-order valence-electron chi connectivity index (χ2n) is 6.70. The van der Waals surface area contributed by atoms with Crippen molar-refractivity contribution in [2.24, 2.45) is 22.7 Å². The summed E-state index contributed by atoms with van der Waals surface area (Å²) in [4.78, 5) is 0. The summed E-state index contributed by atoms with van der Waals surface area (Å²) in [5, 5.41) is 0. The van der Waals surface area contributed by atoms with Crippen LogP contribution in [0.15, 0.2) is 11.6 Å². The van der Waals surface area contributed by atoms with E-state index >= 15 is 0 Å². The van der Waals surface area contributed by atoms with Crippen molar-refractivity contribution in [3.05, 3.63) is 11.6 Å². The summed E-state index contributed by atoms with van der Waals surface area (Å²) in [5.41, 5.74) is 2.70. The van der Waals surface area contributed by atoms with E-state index in [1.165, 1.54) is 25.7 Å². The molecule has 2 aliphatic carbocycles. The Kier molecular flexibility index (Phi) is 2.52. The molecule has 3 unspecified atom stereocenters. The van der Waals surface area contributed by atoms with Crippen LogP contribution < -0.4 is 0 Å². The molecular formula is C15H26. The van der Waals surface area contributed by atoms with Gasteiger partial charge in [0.15, 0.2) is 0 Å². The third kappa shape index (κ3) is 1.48. The molecule has 1 saturated carbocycles. The van der Waals surface area contributed by atoms with Gasteiger partial charge < -0.3 is 0 Å². The van der Waals surface area contributed by atoms with Crippen LogP contribution in [-0.4, -0.2) is 0 Å². The van der Waals surface area contributed by atoms with E-state index in [0.717, 1.165) is 11.8 Å². The molecule has 2 aliphatic rings. The van der Waals surface area contributed by atoms with Gasteiger partial charge in [0.25, 0.3) is 0 Å². The van der Waals surface area contributed by atoms with Gasteiger partial charge in [-0.15, -0.1) is 0 Å². The Morgan fingerprint density at radius 2 is 1.87 bits per heavy atom. The zero-order valence-corrected chi connectivity index (χ0v) is 11.1. The fourth-order valence-electron chi connectivity index (χ4n) is 4.09. The van der Waals surface area contributed by atoms with Crippen LogP contribution in [-0.2, 0) is 0 Å². The third-order valence-electron chi connectivity index (χ3n) is 5.84. The lowest BCUT2D eigenvalue weighted by atomic mass is 9.48. The molecule has 0 saturated heterocycles. The Morgan fingerprint density at radius 1 is 1.20 bits per heavy atom. The fraction of sp³-hybridized carbons (Fsp3) is 0.867. The summed E-state index contributed by atoms with van der Waals surface area (Å²) in [6, 6.07) is 0. The molecule has 0 aromatic carbocycles. The highest BCUT2D eigenvalue weighted by Crippen LogP contribution is 2.59. The molecule has 0 aromatic rings. The zero-order chi connectivity index (χ0) is 11.3. The largest absolute Gasteiger partial charge is 0.0850 e. The highest BCUT2D eigenvalue weighted by Gasteiger charge is 2.50. The Balaban J connectivity index is 2.39. The molecule has 0 heteroatoms. The lowest BCUT2D eigenvalue weighted by molar-refractivity contribution is -0.0277. The molecule has 0 nitrogen and oxygen atoms in total. The van der Waals surface area contributed by atoms with Gasteiger partial charge in [0, 0.05) is 0 Å². The average molecular weight is 206 g/mol. The van der Waals surface area contributed by atoms with Crippen LogP contribution in [0, 0.1) is 22.7 Å². The molecule has 86 valence electrons. The first-order valence-corrected chi connectivity index (χ1v) is 6.56. The predicted octanol–water partition coefficient (Wildman–Crippen LogP) is 4.81. The van der Waals surface area contributed by atoms with Crippen molar-refractivity contribution in [1.29, 1.82) is 0 Å². The van der Waals surface area contributed by atoms with Crippen LogP contribution in [0.1, 0.15) is 60.3 Å². The Bertz CT molecular complexity index is 284. The van der Waals surface area contributed by atoms with Gasteiger partial charge in [-0.2, -0.15) is 0 Å². The van der Waals surface area contributed by atoms with E-state index in [0.29, 0.717) is 10.8 Å². The fourth-order valence-corrected chi connectivity index (χ4v) is 4.09. The van der Waals surface area contributed by atoms with Gasteiger partial charge >= 0.3 is 0 Å². The lowest BCUT2D eigenvalue weighted by Crippen LogP contribution is -2.48. The first-order valence-electron chi connectivity index (χ1n) is 6.56. The van der Waals surface area contributed by atoms with Gasteiger partial charge in [0.05, 0.1) is 0 Å². The Hall–Kier alpha value is -0.260. The SMILES string of the molecule is CC1=CCCC2C1(C)CCC(C)C2(C)C. The van der Waals surface area contributed by atoms with Crippen LogP contribution in [0.4, 0.5) is 0 Å². The van der Waals surface area contributed by atoms with Crippen LogP contribution in [0.2, 0.25) is 0 Å². The molecule has 0 aromatic heterocycles. The minimum Gasteiger partial charge on any atom is -0.0850 e. The summed E-state index contributed by atoms with van der Waals surface area (Å²) in [5.74, 6) is 1.79. The van der Waals surface area contributed by atoms with Gasteiger partial charge in [-0.3, -0.25) is 0 Å². The third-order valence-corrected chi connectivity index (χ3v) is 5.84. The first-order chi connectivity index (χ1) is 6.89. The molecule has 0 aliphatic heterocycles. The maximum absolute atomic E-state index is 2.51. The van der Waals surface area contributed by atoms with Crippen molar-refractivity contribution in [2.75, 3.05) is 0 Å². The molecule has 0 spiro atoms. The van der Waals surface area contributed by atoms with E-state index in [2.05, 4.69) is 40.7 Å². The van der Waals surface area contributed by atoms with Crippen molar-refractivity contribution in [2.45, 2.75) is 60.3 Å². The highest BCUT2D eigenvalue weighted by atomic mass is 14.5. The van der Waals surface area contributed by atoms with Crippen LogP contribution in [0.25, 0.3) is 0 Å². The van der Waals surface area contributed by atoms with Crippen molar-refractivity contribution < 1.29 is 0 Å². The molecule has 3 atom stereocenters. The van der Waals surface area contributed by atoms with Crippen molar-refractivity contribution in [3.8, 4) is 0 Å². The van der Waals surface area contributed by atoms with E-state index in [1.807, 2.05) is 0 Å². The summed E-state index contributed by atoms with van der Waals surface area (Å²) < 4.78 is 0. The summed E-state index contributed by atoms with van der Waals surface area (Å²) in [6.45, 7) is 12.3. The Labute approximate surface area is 95.1 Å². The summed E-state index contributed by atoms with van der Waals surface area (Å²) in [6.07, 6.45) is 8.02. The summed E-state index contributed by atoms with van der Waals surface area (Å²) in [7, 11) is 0. The molecule has 0 amide bonds. The quantitative estimate of drug-likeness (QED) is 0.499. The smallest absolute Gasteiger partial charge is 0.00855 e. The minimum absolute atomic E-state index is 0.508. The molecule has 15 heavy (non-hydrogen) atoms. The Morgan fingerprint density at radius 3 is 2.53 bits per heavy atom. The standard InChI is InChI=1S/C15H26/c1-11-9-10-15(5)12(2)7-6-8-13(15)14(11,3)4/h7,11,13H,6,8-10H2,1-5H3. The first kappa shape index (κ1) is 11.2. The summed E-state index contributed by atoms with van der Waals surface area (Å²) >= 11 is 0. The average Bonchev–Trinajstić information content (AvgIpc) is 2.16. The predicted molar refractivity (Wildman–Crippen MR) is 66.8 cm³/mol. The van der Waals surface area contributed by atoms with E-state index in [9.17, 15) is 0 Å². The molecule has 1 fully saturated rings. The normalized spacial score (nSPS) is 44.5. The minimum atomic E-state index is 0.508. The van der Waals surface area contributed by atoms with Crippen LogP contribution in [0.5, 0.6) is 0 Å². The molecule has 2 rings (SSSR count). The second kappa shape index (κ2) is 3.37. The maximum atomic E-state index is 2.51. The van der Waals surface area contributed by atoms with Gasteiger partial charge in [-0.1, -0.05) is 39.3 Å². The molecule has 0 radical (unpaired) electrons. The van der Waals surface area contributed by atoms with Crippen molar-refractivity contribution >= 4 is 0 Å². The van der Waals surface area contributed by atoms with Crippen molar-refractivity contribution in [3.63, 3.8) is 0 Å². The van der Waals surface area contributed by atoms with Gasteiger partial charge in [-0.25, -0.2) is 0 Å². The van der Waals surface area contributed by atoms with E-state index < -0.39 is 0 Å². The molecule has 0 N–H and O–H groups in total. The van der Waals surface area contributed by atoms with Gasteiger partial charge in [0.2, 0.25) is 0 Å².